The summed E-state index contributed by atoms with van der Waals surface area (Å²) in [5.74, 6) is -0.865. The highest BCUT2D eigenvalue weighted by Gasteiger charge is 2.25. The highest BCUT2D eigenvalue weighted by atomic mass is 32.2. The molecule has 0 aromatic heterocycles. The number of nitrogens with one attached hydrogen (secondary N) is 3. The zero-order valence-electron chi connectivity index (χ0n) is 20.1. The van der Waals surface area contributed by atoms with E-state index in [0.29, 0.717) is 24.3 Å². The number of amides is 3. The van der Waals surface area contributed by atoms with Crippen LogP contribution >= 0.6 is 11.8 Å². The summed E-state index contributed by atoms with van der Waals surface area (Å²) in [6, 6.07) is 26.2. The first-order valence-corrected chi connectivity index (χ1v) is 12.7. The molecule has 3 amide bonds. The van der Waals surface area contributed by atoms with Gasteiger partial charge in [0.2, 0.25) is 11.8 Å². The zero-order valence-corrected chi connectivity index (χ0v) is 20.9. The van der Waals surface area contributed by atoms with Gasteiger partial charge in [0, 0.05) is 22.8 Å². The van der Waals surface area contributed by atoms with Gasteiger partial charge in [-0.05, 0) is 47.9 Å². The van der Waals surface area contributed by atoms with Crippen molar-refractivity contribution in [2.24, 2.45) is 0 Å². The van der Waals surface area contributed by atoms with Crippen LogP contribution in [-0.2, 0) is 20.9 Å². The van der Waals surface area contributed by atoms with Crippen LogP contribution in [0.3, 0.4) is 0 Å². The molecule has 3 aromatic rings. The van der Waals surface area contributed by atoms with Crippen LogP contribution in [0.2, 0.25) is 0 Å². The molecule has 1 heterocycles. The number of allylic oxidation sites excluding steroid dienone is 1. The lowest BCUT2D eigenvalue weighted by Gasteiger charge is -2.22. The number of benzene rings is 3. The standard InChI is InChI=1S/C28H28N4O4S/c33-26(29-22-10-3-1-4-11-22)18-32(19-27(34)30-23-12-5-2-6-13-23)17-20-8-7-9-21(16-20)24-14-15-25(37-24)28(35)31-36/h1-14,16,25,36H,15,17-19H2,(H,29,33)(H,30,34)(H,31,35). The van der Waals surface area contributed by atoms with E-state index in [4.69, 9.17) is 5.21 Å². The summed E-state index contributed by atoms with van der Waals surface area (Å²) in [4.78, 5) is 40.1. The van der Waals surface area contributed by atoms with Crippen LogP contribution in [0, 0.1) is 0 Å². The normalized spacial score (nSPS) is 14.6. The van der Waals surface area contributed by atoms with Crippen LogP contribution in [0.5, 0.6) is 0 Å². The second-order valence-electron chi connectivity index (χ2n) is 8.56. The van der Waals surface area contributed by atoms with Crippen molar-refractivity contribution < 1.29 is 19.6 Å². The van der Waals surface area contributed by atoms with Crippen molar-refractivity contribution in [2.75, 3.05) is 23.7 Å². The van der Waals surface area contributed by atoms with Crippen LogP contribution < -0.4 is 16.1 Å². The Kier molecular flexibility index (Phi) is 9.09. The maximum atomic E-state index is 12.8. The Balaban J connectivity index is 1.45. The number of anilines is 2. The first kappa shape index (κ1) is 26.2. The Morgan fingerprint density at radius 2 is 1.43 bits per heavy atom. The molecular weight excluding hydrogens is 488 g/mol. The van der Waals surface area contributed by atoms with Gasteiger partial charge in [-0.1, -0.05) is 60.7 Å². The molecule has 0 spiro atoms. The van der Waals surface area contributed by atoms with Crippen LogP contribution in [-0.4, -0.2) is 46.2 Å². The molecule has 9 heteroatoms. The fourth-order valence-electron chi connectivity index (χ4n) is 3.98. The molecule has 4 rings (SSSR count). The minimum absolute atomic E-state index is 0.0253. The van der Waals surface area contributed by atoms with Crippen molar-refractivity contribution in [3.63, 3.8) is 0 Å². The molecular formula is C28H28N4O4S. The van der Waals surface area contributed by atoms with E-state index in [1.54, 1.807) is 10.4 Å². The number of hydrogen-bond donors (Lipinski definition) is 4. The monoisotopic (exact) mass is 516 g/mol. The average molecular weight is 517 g/mol. The fraction of sp³-hybridized carbons (Fsp3) is 0.179. The van der Waals surface area contributed by atoms with E-state index >= 15 is 0 Å². The third-order valence-electron chi connectivity index (χ3n) is 5.66. The van der Waals surface area contributed by atoms with Crippen LogP contribution in [0.15, 0.2) is 91.0 Å². The van der Waals surface area contributed by atoms with E-state index in [1.807, 2.05) is 91.0 Å². The first-order chi connectivity index (χ1) is 18.0. The van der Waals surface area contributed by atoms with Gasteiger partial charge in [0.25, 0.3) is 5.91 Å². The quantitative estimate of drug-likeness (QED) is 0.238. The predicted octanol–water partition coefficient (Wildman–Crippen LogP) is 4.12. The SMILES string of the molecule is O=C(CN(CC(=O)Nc1ccccc1)Cc1cccc(C2=CCC(C(=O)NO)S2)c1)Nc1ccccc1. The second kappa shape index (κ2) is 12.9. The lowest BCUT2D eigenvalue weighted by Crippen LogP contribution is -2.38. The Hall–Kier alpha value is -3.92. The molecule has 0 aliphatic carbocycles. The van der Waals surface area contributed by atoms with Gasteiger partial charge in [-0.25, -0.2) is 5.48 Å². The van der Waals surface area contributed by atoms with Crippen molar-refractivity contribution in [2.45, 2.75) is 18.2 Å². The third kappa shape index (κ3) is 7.78. The van der Waals surface area contributed by atoms with E-state index in [1.165, 1.54) is 11.8 Å². The Morgan fingerprint density at radius 3 is 2.00 bits per heavy atom. The number of carbonyl (C=O) groups excluding carboxylic acids is 3. The van der Waals surface area contributed by atoms with Crippen LogP contribution in [0.1, 0.15) is 17.5 Å². The number of hydrogen-bond acceptors (Lipinski definition) is 6. The Labute approximate surface area is 219 Å². The van der Waals surface area contributed by atoms with Crippen molar-refractivity contribution in [3.05, 3.63) is 102 Å². The van der Waals surface area contributed by atoms with Gasteiger partial charge in [-0.2, -0.15) is 0 Å². The summed E-state index contributed by atoms with van der Waals surface area (Å²) in [6.45, 7) is 0.422. The van der Waals surface area contributed by atoms with Crippen LogP contribution in [0.25, 0.3) is 4.91 Å². The summed E-state index contributed by atoms with van der Waals surface area (Å²) < 4.78 is 0. The van der Waals surface area contributed by atoms with Gasteiger partial charge >= 0.3 is 0 Å². The molecule has 0 bridgehead atoms. The molecule has 3 aromatic carbocycles. The fourth-order valence-corrected chi connectivity index (χ4v) is 5.10. The molecule has 1 aliphatic heterocycles. The van der Waals surface area contributed by atoms with E-state index in [-0.39, 0.29) is 30.2 Å². The number of carbonyl (C=O) groups is 3. The Bertz CT molecular complexity index is 1210. The van der Waals surface area contributed by atoms with Gasteiger partial charge in [-0.3, -0.25) is 24.5 Å². The summed E-state index contributed by atoms with van der Waals surface area (Å²) >= 11 is 1.40. The minimum Gasteiger partial charge on any atom is -0.325 e. The number of hydroxylamine groups is 1. The zero-order chi connectivity index (χ0) is 26.0. The molecule has 0 fully saturated rings. The molecule has 1 atom stereocenters. The summed E-state index contributed by atoms with van der Waals surface area (Å²) in [7, 11) is 0. The second-order valence-corrected chi connectivity index (χ2v) is 9.81. The molecule has 8 nitrogen and oxygen atoms in total. The van der Waals surface area contributed by atoms with Gasteiger partial charge in [-0.15, -0.1) is 11.8 Å². The van der Waals surface area contributed by atoms with E-state index in [2.05, 4.69) is 10.6 Å². The van der Waals surface area contributed by atoms with E-state index < -0.39 is 5.91 Å². The largest absolute Gasteiger partial charge is 0.325 e. The number of nitrogens with zero attached hydrogens (tertiary/aromatic N) is 1. The highest BCUT2D eigenvalue weighted by Crippen LogP contribution is 2.39. The lowest BCUT2D eigenvalue weighted by atomic mass is 10.1. The number of para-hydroxylation sites is 2. The summed E-state index contributed by atoms with van der Waals surface area (Å²) in [5.41, 5.74) is 4.96. The molecule has 190 valence electrons. The summed E-state index contributed by atoms with van der Waals surface area (Å²) in [5, 5.41) is 14.3. The highest BCUT2D eigenvalue weighted by molar-refractivity contribution is 8.09. The van der Waals surface area contributed by atoms with Crippen molar-refractivity contribution >= 4 is 45.8 Å². The van der Waals surface area contributed by atoms with Crippen molar-refractivity contribution in [3.8, 4) is 0 Å². The first-order valence-electron chi connectivity index (χ1n) is 11.8. The Morgan fingerprint density at radius 1 is 0.838 bits per heavy atom. The molecule has 1 aliphatic rings. The summed E-state index contributed by atoms with van der Waals surface area (Å²) in [6.07, 6.45) is 2.50. The van der Waals surface area contributed by atoms with Gasteiger partial charge in [0.05, 0.1) is 18.3 Å². The lowest BCUT2D eigenvalue weighted by molar-refractivity contribution is -0.128. The molecule has 37 heavy (non-hydrogen) atoms. The molecule has 1 unspecified atom stereocenters. The van der Waals surface area contributed by atoms with Crippen molar-refractivity contribution in [1.82, 2.24) is 10.4 Å². The number of thioether (sulfide) groups is 1. The maximum absolute atomic E-state index is 12.8. The number of rotatable bonds is 10. The average Bonchev–Trinajstić information content (AvgIpc) is 3.40. The van der Waals surface area contributed by atoms with Gasteiger partial charge in [0.1, 0.15) is 0 Å². The molecule has 0 radical (unpaired) electrons. The minimum atomic E-state index is -0.424. The van der Waals surface area contributed by atoms with Gasteiger partial charge in [0.15, 0.2) is 0 Å². The maximum Gasteiger partial charge on any atom is 0.257 e. The van der Waals surface area contributed by atoms with Gasteiger partial charge < -0.3 is 10.6 Å². The smallest absolute Gasteiger partial charge is 0.257 e. The molecule has 0 saturated heterocycles. The van der Waals surface area contributed by atoms with E-state index in [0.717, 1.165) is 16.0 Å². The predicted molar refractivity (Wildman–Crippen MR) is 146 cm³/mol. The van der Waals surface area contributed by atoms with Crippen LogP contribution in [0.4, 0.5) is 11.4 Å². The third-order valence-corrected chi connectivity index (χ3v) is 7.00. The molecule has 0 saturated carbocycles. The molecule has 4 N–H and O–H groups in total. The topological polar surface area (TPSA) is 111 Å². The van der Waals surface area contributed by atoms with E-state index in [9.17, 15) is 14.4 Å². The van der Waals surface area contributed by atoms with Crippen molar-refractivity contribution in [1.29, 1.82) is 0 Å².